The molecule has 0 saturated heterocycles. The number of ether oxygens (including phenoxy) is 1. The van der Waals surface area contributed by atoms with Gasteiger partial charge in [0, 0.05) is 24.6 Å². The minimum absolute atomic E-state index is 0.436. The van der Waals surface area contributed by atoms with E-state index in [1.165, 1.54) is 24.0 Å². The van der Waals surface area contributed by atoms with Crippen molar-refractivity contribution in [3.05, 3.63) is 35.4 Å². The zero-order chi connectivity index (χ0) is 15.2. The minimum Gasteiger partial charge on any atom is -0.478 e. The summed E-state index contributed by atoms with van der Waals surface area (Å²) < 4.78 is 12.8. The quantitative estimate of drug-likeness (QED) is 0.728. The molecular weight excluding hydrogens is 292 g/mol. The van der Waals surface area contributed by atoms with E-state index in [0.29, 0.717) is 17.4 Å². The van der Waals surface area contributed by atoms with Gasteiger partial charge in [0.15, 0.2) is 5.69 Å². The maximum absolute atomic E-state index is 5.58. The number of nitrogens with zero attached hydrogens (tertiary/aromatic N) is 4. The van der Waals surface area contributed by atoms with E-state index in [9.17, 15) is 0 Å². The third-order valence-electron chi connectivity index (χ3n) is 4.51. The second kappa shape index (κ2) is 4.94. The summed E-state index contributed by atoms with van der Waals surface area (Å²) >= 11 is 0. The van der Waals surface area contributed by atoms with Crippen molar-refractivity contribution in [3.8, 4) is 28.9 Å². The molecule has 0 atom stereocenters. The zero-order valence-corrected chi connectivity index (χ0v) is 12.7. The maximum atomic E-state index is 5.58. The summed E-state index contributed by atoms with van der Waals surface area (Å²) in [4.78, 5) is 4.51. The van der Waals surface area contributed by atoms with Crippen molar-refractivity contribution in [2.75, 3.05) is 6.61 Å². The van der Waals surface area contributed by atoms with Crippen molar-refractivity contribution >= 4 is 0 Å². The molecule has 6 nitrogen and oxygen atoms in total. The van der Waals surface area contributed by atoms with Crippen LogP contribution in [0.25, 0.3) is 23.0 Å². The first-order valence-electron chi connectivity index (χ1n) is 8.04. The Hall–Kier alpha value is -2.63. The molecular formula is C17H16N4O2. The number of rotatable bonds is 2. The van der Waals surface area contributed by atoms with Gasteiger partial charge in [-0.3, -0.25) is 0 Å². The van der Waals surface area contributed by atoms with E-state index in [-0.39, 0.29) is 0 Å². The van der Waals surface area contributed by atoms with Crippen LogP contribution in [-0.4, -0.2) is 26.5 Å². The highest BCUT2D eigenvalue weighted by molar-refractivity contribution is 5.60. The maximum Gasteiger partial charge on any atom is 0.278 e. The van der Waals surface area contributed by atoms with Crippen molar-refractivity contribution in [3.63, 3.8) is 0 Å². The molecule has 1 aromatic carbocycles. The lowest BCUT2D eigenvalue weighted by molar-refractivity contribution is 0.230. The molecule has 116 valence electrons. The molecule has 0 amide bonds. The molecule has 23 heavy (non-hydrogen) atoms. The lowest BCUT2D eigenvalue weighted by atomic mass is 10.1. The van der Waals surface area contributed by atoms with Crippen molar-refractivity contribution in [1.82, 2.24) is 19.9 Å². The van der Waals surface area contributed by atoms with Crippen molar-refractivity contribution in [2.24, 2.45) is 0 Å². The van der Waals surface area contributed by atoms with Crippen molar-refractivity contribution in [1.29, 1.82) is 0 Å². The molecule has 0 bridgehead atoms. The standard InChI is InChI=1S/C17H16N4O2/c1-3-11-5-6-13(9-12(11)4-1)16-18-17(23-20-16)14-10-15-21(19-14)7-2-8-22-15/h5-6,9-10H,1-4,7-8H2. The smallest absolute Gasteiger partial charge is 0.278 e. The van der Waals surface area contributed by atoms with E-state index in [4.69, 9.17) is 9.26 Å². The molecule has 2 aliphatic rings. The third-order valence-corrected chi connectivity index (χ3v) is 4.51. The monoisotopic (exact) mass is 308 g/mol. The minimum atomic E-state index is 0.436. The van der Waals surface area contributed by atoms with Crippen LogP contribution in [0.4, 0.5) is 0 Å². The number of hydrogen-bond acceptors (Lipinski definition) is 5. The van der Waals surface area contributed by atoms with Gasteiger partial charge in [-0.2, -0.15) is 10.1 Å². The Bertz CT molecular complexity index is 857. The predicted octanol–water partition coefficient (Wildman–Crippen LogP) is 2.87. The van der Waals surface area contributed by atoms with Crippen molar-refractivity contribution < 1.29 is 9.26 Å². The molecule has 0 saturated carbocycles. The fraction of sp³-hybridized carbons (Fsp3) is 0.353. The Morgan fingerprint density at radius 1 is 1.04 bits per heavy atom. The molecule has 0 N–H and O–H groups in total. The van der Waals surface area contributed by atoms with Crippen LogP contribution < -0.4 is 4.74 Å². The Morgan fingerprint density at radius 3 is 2.96 bits per heavy atom. The molecule has 5 rings (SSSR count). The number of fused-ring (bicyclic) bond motifs is 2. The normalized spacial score (nSPS) is 16.0. The topological polar surface area (TPSA) is 66.0 Å². The highest BCUT2D eigenvalue weighted by Gasteiger charge is 2.20. The van der Waals surface area contributed by atoms with Crippen LogP contribution in [0, 0.1) is 0 Å². The summed E-state index contributed by atoms with van der Waals surface area (Å²) in [6.07, 6.45) is 4.52. The van der Waals surface area contributed by atoms with Gasteiger partial charge in [-0.15, -0.1) is 0 Å². The molecule has 6 heteroatoms. The summed E-state index contributed by atoms with van der Waals surface area (Å²) in [5.74, 6) is 1.82. The number of aromatic nitrogens is 4. The highest BCUT2D eigenvalue weighted by atomic mass is 16.5. The first kappa shape index (κ1) is 12.9. The van der Waals surface area contributed by atoms with Gasteiger partial charge in [-0.25, -0.2) is 4.68 Å². The van der Waals surface area contributed by atoms with Gasteiger partial charge in [-0.1, -0.05) is 17.3 Å². The Morgan fingerprint density at radius 2 is 2.00 bits per heavy atom. The van der Waals surface area contributed by atoms with Gasteiger partial charge < -0.3 is 9.26 Å². The SMILES string of the molecule is c1cc2c(cc1-c1noc(-c3cc4n(n3)CCCO4)n1)CCC2. The van der Waals surface area contributed by atoms with Gasteiger partial charge in [0.05, 0.1) is 6.61 Å². The Kier molecular flexibility index (Phi) is 2.76. The summed E-state index contributed by atoms with van der Waals surface area (Å²) in [6, 6.07) is 8.29. The highest BCUT2D eigenvalue weighted by Crippen LogP contribution is 2.29. The van der Waals surface area contributed by atoms with E-state index in [0.717, 1.165) is 37.4 Å². The van der Waals surface area contributed by atoms with E-state index in [1.807, 2.05) is 10.7 Å². The van der Waals surface area contributed by atoms with Crippen LogP contribution >= 0.6 is 0 Å². The summed E-state index contributed by atoms with van der Waals surface area (Å²) in [7, 11) is 0. The number of hydrogen-bond donors (Lipinski definition) is 0. The van der Waals surface area contributed by atoms with Gasteiger partial charge >= 0.3 is 0 Å². The second-order valence-electron chi connectivity index (χ2n) is 6.05. The number of aryl methyl sites for hydroxylation is 3. The molecule has 1 aliphatic carbocycles. The van der Waals surface area contributed by atoms with Crippen LogP contribution in [0.15, 0.2) is 28.8 Å². The average Bonchev–Trinajstić information content (AvgIpc) is 3.31. The zero-order valence-electron chi connectivity index (χ0n) is 12.7. The predicted molar refractivity (Wildman–Crippen MR) is 83.1 cm³/mol. The largest absolute Gasteiger partial charge is 0.478 e. The van der Waals surface area contributed by atoms with E-state index >= 15 is 0 Å². The fourth-order valence-electron chi connectivity index (χ4n) is 3.33. The van der Waals surface area contributed by atoms with E-state index in [2.05, 4.69) is 33.4 Å². The Labute approximate surface area is 133 Å². The summed E-state index contributed by atoms with van der Waals surface area (Å²) in [6.45, 7) is 1.59. The van der Waals surface area contributed by atoms with E-state index in [1.54, 1.807) is 0 Å². The lowest BCUT2D eigenvalue weighted by Crippen LogP contribution is -2.14. The average molecular weight is 308 g/mol. The van der Waals surface area contributed by atoms with Crippen LogP contribution in [0.2, 0.25) is 0 Å². The van der Waals surface area contributed by atoms with Crippen LogP contribution in [0.3, 0.4) is 0 Å². The molecule has 3 aromatic rings. The van der Waals surface area contributed by atoms with Crippen LogP contribution in [0.1, 0.15) is 24.0 Å². The summed E-state index contributed by atoms with van der Waals surface area (Å²) in [5.41, 5.74) is 4.51. The van der Waals surface area contributed by atoms with Crippen LogP contribution in [-0.2, 0) is 19.4 Å². The summed E-state index contributed by atoms with van der Waals surface area (Å²) in [5, 5.41) is 8.60. The molecule has 0 spiro atoms. The van der Waals surface area contributed by atoms with Gasteiger partial charge in [-0.05, 0) is 36.5 Å². The van der Waals surface area contributed by atoms with Gasteiger partial charge in [0.2, 0.25) is 11.7 Å². The molecule has 0 unspecified atom stereocenters. The van der Waals surface area contributed by atoms with Gasteiger partial charge in [0.1, 0.15) is 0 Å². The van der Waals surface area contributed by atoms with Crippen molar-refractivity contribution in [2.45, 2.75) is 32.2 Å². The first-order valence-corrected chi connectivity index (χ1v) is 8.04. The molecule has 2 aromatic heterocycles. The Balaban J connectivity index is 1.49. The first-order chi connectivity index (χ1) is 11.4. The molecule has 0 fully saturated rings. The second-order valence-corrected chi connectivity index (χ2v) is 6.05. The van der Waals surface area contributed by atoms with Gasteiger partial charge in [0.25, 0.3) is 5.89 Å². The lowest BCUT2D eigenvalue weighted by Gasteiger charge is -2.13. The third kappa shape index (κ3) is 2.13. The van der Waals surface area contributed by atoms with Crippen LogP contribution in [0.5, 0.6) is 5.88 Å². The molecule has 0 radical (unpaired) electrons. The molecule has 3 heterocycles. The number of benzene rings is 1. The fourth-order valence-corrected chi connectivity index (χ4v) is 3.33. The van der Waals surface area contributed by atoms with E-state index < -0.39 is 0 Å². The molecule has 1 aliphatic heterocycles.